The van der Waals surface area contributed by atoms with Gasteiger partial charge in [-0.3, -0.25) is 0 Å². The van der Waals surface area contributed by atoms with Gasteiger partial charge in [0.2, 0.25) is 5.95 Å². The van der Waals surface area contributed by atoms with Crippen LogP contribution in [0.25, 0.3) is 0 Å². The summed E-state index contributed by atoms with van der Waals surface area (Å²) in [6.45, 7) is 5.93. The summed E-state index contributed by atoms with van der Waals surface area (Å²) in [5.74, 6) is 1.89. The van der Waals surface area contributed by atoms with E-state index in [0.29, 0.717) is 11.8 Å². The molecule has 0 saturated carbocycles. The summed E-state index contributed by atoms with van der Waals surface area (Å²) in [6, 6.07) is 16.2. The van der Waals surface area contributed by atoms with Crippen molar-refractivity contribution in [1.29, 1.82) is 0 Å². The van der Waals surface area contributed by atoms with E-state index in [1.165, 1.54) is 31.5 Å². The standard InChI is InChI=1S/C25H31BrN5OP/c1-31-14-12-19(13-15-31)16-18-8-10-20(11-9-18)28-25-27-17-21(26)24(30-25)29-22-6-4-5-7-23(22)33(2,3)32/h4-11,17,19H,12-16H2,1-3H3,(H2,27,28,29,30). The molecule has 0 spiro atoms. The van der Waals surface area contributed by atoms with Gasteiger partial charge in [-0.25, -0.2) is 4.98 Å². The number of para-hydroxylation sites is 1. The van der Waals surface area contributed by atoms with Crippen molar-refractivity contribution in [2.75, 3.05) is 44.1 Å². The Bertz CT molecular complexity index is 1140. The molecule has 4 rings (SSSR count). The van der Waals surface area contributed by atoms with Crippen LogP contribution in [0, 0.1) is 5.92 Å². The minimum Gasteiger partial charge on any atom is -0.339 e. The van der Waals surface area contributed by atoms with Crippen molar-refractivity contribution < 1.29 is 4.57 Å². The van der Waals surface area contributed by atoms with Crippen molar-refractivity contribution in [2.45, 2.75) is 19.3 Å². The maximum absolute atomic E-state index is 12.7. The van der Waals surface area contributed by atoms with Crippen LogP contribution >= 0.6 is 23.1 Å². The number of likely N-dealkylation sites (tertiary alicyclic amines) is 1. The van der Waals surface area contributed by atoms with Crippen LogP contribution in [0.5, 0.6) is 0 Å². The molecule has 0 amide bonds. The average molecular weight is 528 g/mol. The van der Waals surface area contributed by atoms with Gasteiger partial charge in [-0.1, -0.05) is 24.3 Å². The quantitative estimate of drug-likeness (QED) is 0.375. The largest absolute Gasteiger partial charge is 0.339 e. The van der Waals surface area contributed by atoms with Crippen LogP contribution in [0.3, 0.4) is 0 Å². The molecule has 0 bridgehead atoms. The van der Waals surface area contributed by atoms with Gasteiger partial charge in [0.1, 0.15) is 13.0 Å². The van der Waals surface area contributed by atoms with Crippen molar-refractivity contribution in [3.05, 3.63) is 64.8 Å². The van der Waals surface area contributed by atoms with E-state index in [1.54, 1.807) is 19.5 Å². The third-order valence-electron chi connectivity index (χ3n) is 6.05. The molecule has 1 aliphatic rings. The number of anilines is 4. The van der Waals surface area contributed by atoms with Crippen molar-refractivity contribution >= 4 is 51.5 Å². The monoisotopic (exact) mass is 527 g/mol. The molecule has 0 radical (unpaired) electrons. The first-order valence-electron chi connectivity index (χ1n) is 11.3. The van der Waals surface area contributed by atoms with Crippen LogP contribution in [0.4, 0.5) is 23.1 Å². The lowest BCUT2D eigenvalue weighted by Crippen LogP contribution is -2.30. The average Bonchev–Trinajstić information content (AvgIpc) is 2.79. The van der Waals surface area contributed by atoms with E-state index in [-0.39, 0.29) is 0 Å². The molecule has 1 fully saturated rings. The van der Waals surface area contributed by atoms with E-state index < -0.39 is 7.14 Å². The zero-order valence-corrected chi connectivity index (χ0v) is 21.9. The first kappa shape index (κ1) is 23.9. The van der Waals surface area contributed by atoms with E-state index in [4.69, 9.17) is 0 Å². The molecule has 8 heteroatoms. The Labute approximate surface area is 204 Å². The van der Waals surface area contributed by atoms with Crippen LogP contribution in [-0.4, -0.2) is 48.3 Å². The minimum absolute atomic E-state index is 0.498. The number of nitrogens with one attached hydrogen (secondary N) is 2. The third-order valence-corrected chi connectivity index (χ3v) is 8.18. The Morgan fingerprint density at radius 2 is 1.76 bits per heavy atom. The number of benzene rings is 2. The first-order chi connectivity index (χ1) is 15.8. The Morgan fingerprint density at radius 1 is 1.06 bits per heavy atom. The molecule has 0 unspecified atom stereocenters. The SMILES string of the molecule is CN1CCC(Cc2ccc(Nc3ncc(Br)c(Nc4ccccc4P(C)(C)=O)n3)cc2)CC1. The van der Waals surface area contributed by atoms with Gasteiger partial charge < -0.3 is 20.1 Å². The molecule has 3 aromatic rings. The lowest BCUT2D eigenvalue weighted by Gasteiger charge is -2.28. The fourth-order valence-electron chi connectivity index (χ4n) is 4.14. The molecular weight excluding hydrogens is 497 g/mol. The first-order valence-corrected chi connectivity index (χ1v) is 14.7. The summed E-state index contributed by atoms with van der Waals surface area (Å²) < 4.78 is 13.4. The summed E-state index contributed by atoms with van der Waals surface area (Å²) in [4.78, 5) is 11.4. The highest BCUT2D eigenvalue weighted by molar-refractivity contribution is 9.10. The summed E-state index contributed by atoms with van der Waals surface area (Å²) in [6.07, 6.45) is 5.39. The molecular formula is C25H31BrN5OP. The normalized spacial score (nSPS) is 15.4. The molecule has 2 aromatic carbocycles. The van der Waals surface area contributed by atoms with E-state index in [2.05, 4.69) is 72.7 Å². The molecule has 1 saturated heterocycles. The van der Waals surface area contributed by atoms with Gasteiger partial charge in [-0.05, 0) is 104 Å². The van der Waals surface area contributed by atoms with Gasteiger partial charge in [0.05, 0.1) is 10.2 Å². The van der Waals surface area contributed by atoms with E-state index in [1.807, 2.05) is 24.3 Å². The molecule has 6 nitrogen and oxygen atoms in total. The Hall–Kier alpha value is -2.21. The number of piperidine rings is 1. The zero-order chi connectivity index (χ0) is 23.4. The number of hydrogen-bond donors (Lipinski definition) is 2. The molecule has 1 aromatic heterocycles. The molecule has 0 aliphatic carbocycles. The predicted octanol–water partition coefficient (Wildman–Crippen LogP) is 5.86. The van der Waals surface area contributed by atoms with Crippen LogP contribution in [0.15, 0.2) is 59.2 Å². The van der Waals surface area contributed by atoms with Crippen LogP contribution in [0.1, 0.15) is 18.4 Å². The highest BCUT2D eigenvalue weighted by Gasteiger charge is 2.18. The molecule has 174 valence electrons. The van der Waals surface area contributed by atoms with Crippen LogP contribution in [0.2, 0.25) is 0 Å². The zero-order valence-electron chi connectivity index (χ0n) is 19.4. The summed E-state index contributed by atoms with van der Waals surface area (Å²) in [7, 11) is -0.234. The van der Waals surface area contributed by atoms with Crippen LogP contribution in [-0.2, 0) is 11.0 Å². The second kappa shape index (κ2) is 10.4. The van der Waals surface area contributed by atoms with Crippen molar-refractivity contribution in [1.82, 2.24) is 14.9 Å². The third kappa shape index (κ3) is 6.44. The van der Waals surface area contributed by atoms with Gasteiger partial charge in [-0.2, -0.15) is 4.98 Å². The lowest BCUT2D eigenvalue weighted by atomic mass is 9.90. The second-order valence-corrected chi connectivity index (χ2v) is 13.2. The second-order valence-electron chi connectivity index (χ2n) is 9.16. The molecule has 1 aliphatic heterocycles. The highest BCUT2D eigenvalue weighted by atomic mass is 79.9. The fourth-order valence-corrected chi connectivity index (χ4v) is 5.59. The van der Waals surface area contributed by atoms with E-state index >= 15 is 0 Å². The number of aromatic nitrogens is 2. The van der Waals surface area contributed by atoms with Gasteiger partial charge >= 0.3 is 0 Å². The number of halogens is 1. The molecule has 2 N–H and O–H groups in total. The lowest BCUT2D eigenvalue weighted by molar-refractivity contribution is 0.219. The van der Waals surface area contributed by atoms with Gasteiger partial charge in [0.15, 0.2) is 0 Å². The predicted molar refractivity (Wildman–Crippen MR) is 142 cm³/mol. The minimum atomic E-state index is -2.44. The molecule has 0 atom stereocenters. The topological polar surface area (TPSA) is 70.2 Å². The maximum atomic E-state index is 12.7. The number of nitrogens with zero attached hydrogens (tertiary/aromatic N) is 3. The van der Waals surface area contributed by atoms with Crippen molar-refractivity contribution in [3.8, 4) is 0 Å². The highest BCUT2D eigenvalue weighted by Crippen LogP contribution is 2.38. The number of rotatable bonds is 7. The Balaban J connectivity index is 1.45. The maximum Gasteiger partial charge on any atom is 0.229 e. The Morgan fingerprint density at radius 3 is 2.45 bits per heavy atom. The fraction of sp³-hybridized carbons (Fsp3) is 0.360. The van der Waals surface area contributed by atoms with Gasteiger partial charge in [0.25, 0.3) is 0 Å². The van der Waals surface area contributed by atoms with Gasteiger partial charge in [0, 0.05) is 17.2 Å². The summed E-state index contributed by atoms with van der Waals surface area (Å²) >= 11 is 3.52. The molecule has 2 heterocycles. The molecule has 33 heavy (non-hydrogen) atoms. The van der Waals surface area contributed by atoms with Crippen LogP contribution < -0.4 is 15.9 Å². The van der Waals surface area contributed by atoms with Crippen molar-refractivity contribution in [2.24, 2.45) is 5.92 Å². The smallest absolute Gasteiger partial charge is 0.229 e. The van der Waals surface area contributed by atoms with E-state index in [9.17, 15) is 4.57 Å². The summed E-state index contributed by atoms with van der Waals surface area (Å²) in [5, 5.41) is 7.41. The summed E-state index contributed by atoms with van der Waals surface area (Å²) in [5.41, 5.74) is 3.10. The van der Waals surface area contributed by atoms with E-state index in [0.717, 1.165) is 33.5 Å². The van der Waals surface area contributed by atoms with Gasteiger partial charge in [-0.15, -0.1) is 0 Å². The van der Waals surface area contributed by atoms with Crippen molar-refractivity contribution in [3.63, 3.8) is 0 Å². The Kier molecular flexibility index (Phi) is 7.52. The number of hydrogen-bond acceptors (Lipinski definition) is 6.